The van der Waals surface area contributed by atoms with Crippen LogP contribution in [-0.2, 0) is 0 Å². The van der Waals surface area contributed by atoms with E-state index in [-0.39, 0.29) is 0 Å². The van der Waals surface area contributed by atoms with Crippen LogP contribution in [0.2, 0.25) is 0 Å². The molecule has 2 nitrogen and oxygen atoms in total. The summed E-state index contributed by atoms with van der Waals surface area (Å²) >= 11 is 0. The van der Waals surface area contributed by atoms with Gasteiger partial charge in [0.05, 0.1) is 0 Å². The van der Waals surface area contributed by atoms with Crippen LogP contribution >= 0.6 is 0 Å². The average Bonchev–Trinajstić information content (AvgIpc) is 2.20. The van der Waals surface area contributed by atoms with Gasteiger partial charge < -0.3 is 11.1 Å². The molecule has 0 bridgehead atoms. The van der Waals surface area contributed by atoms with E-state index in [0.29, 0.717) is 6.04 Å². The van der Waals surface area contributed by atoms with Gasteiger partial charge in [-0.15, -0.1) is 0 Å². The monoisotopic (exact) mass is 210 g/mol. The standard InChI is InChI=1S/C13H26N2/c1-9-7-10(2)13(15-8-9)11-3-5-12(14)6-4-11/h9-13,15H,3-8,14H2,1-2H3. The summed E-state index contributed by atoms with van der Waals surface area (Å²) in [5.74, 6) is 2.61. The molecule has 1 saturated heterocycles. The van der Waals surface area contributed by atoms with Crippen molar-refractivity contribution in [3.05, 3.63) is 0 Å². The number of rotatable bonds is 1. The predicted molar refractivity (Wildman–Crippen MR) is 64.7 cm³/mol. The first-order valence-corrected chi connectivity index (χ1v) is 6.65. The second kappa shape index (κ2) is 4.84. The van der Waals surface area contributed by atoms with Gasteiger partial charge in [0.2, 0.25) is 0 Å². The maximum absolute atomic E-state index is 5.96. The lowest BCUT2D eigenvalue weighted by molar-refractivity contribution is 0.150. The minimum absolute atomic E-state index is 0.485. The molecule has 1 aliphatic heterocycles. The Morgan fingerprint density at radius 2 is 1.73 bits per heavy atom. The molecule has 2 heteroatoms. The van der Waals surface area contributed by atoms with Crippen molar-refractivity contribution in [1.82, 2.24) is 5.32 Å². The maximum atomic E-state index is 5.96. The van der Waals surface area contributed by atoms with Crippen molar-refractivity contribution in [2.45, 2.75) is 58.0 Å². The highest BCUT2D eigenvalue weighted by Gasteiger charge is 2.32. The van der Waals surface area contributed by atoms with Gasteiger partial charge >= 0.3 is 0 Å². The van der Waals surface area contributed by atoms with Gasteiger partial charge in [0.25, 0.3) is 0 Å². The fourth-order valence-corrected chi connectivity index (χ4v) is 3.54. The Kier molecular flexibility index (Phi) is 3.68. The first kappa shape index (κ1) is 11.4. The summed E-state index contributed by atoms with van der Waals surface area (Å²) in [7, 11) is 0. The van der Waals surface area contributed by atoms with E-state index in [4.69, 9.17) is 5.73 Å². The zero-order valence-electron chi connectivity index (χ0n) is 10.2. The fourth-order valence-electron chi connectivity index (χ4n) is 3.54. The zero-order chi connectivity index (χ0) is 10.8. The van der Waals surface area contributed by atoms with Crippen molar-refractivity contribution in [1.29, 1.82) is 0 Å². The van der Waals surface area contributed by atoms with E-state index in [1.165, 1.54) is 38.6 Å². The van der Waals surface area contributed by atoms with Crippen LogP contribution in [-0.4, -0.2) is 18.6 Å². The molecule has 1 heterocycles. The first-order chi connectivity index (χ1) is 7.16. The Balaban J connectivity index is 1.87. The molecule has 0 radical (unpaired) electrons. The van der Waals surface area contributed by atoms with E-state index in [2.05, 4.69) is 19.2 Å². The van der Waals surface area contributed by atoms with Crippen molar-refractivity contribution in [3.63, 3.8) is 0 Å². The van der Waals surface area contributed by atoms with Crippen molar-refractivity contribution >= 4 is 0 Å². The minimum atomic E-state index is 0.485. The summed E-state index contributed by atoms with van der Waals surface area (Å²) in [6, 6.07) is 1.26. The molecule has 0 aromatic rings. The second-order valence-electron chi connectivity index (χ2n) is 5.93. The van der Waals surface area contributed by atoms with Crippen molar-refractivity contribution < 1.29 is 0 Å². The highest BCUT2D eigenvalue weighted by atomic mass is 14.9. The second-order valence-corrected chi connectivity index (χ2v) is 5.93. The third-order valence-corrected chi connectivity index (χ3v) is 4.41. The van der Waals surface area contributed by atoms with Gasteiger partial charge in [-0.25, -0.2) is 0 Å². The molecule has 15 heavy (non-hydrogen) atoms. The minimum Gasteiger partial charge on any atom is -0.328 e. The average molecular weight is 210 g/mol. The van der Waals surface area contributed by atoms with Crippen LogP contribution in [0.4, 0.5) is 0 Å². The van der Waals surface area contributed by atoms with Crippen LogP contribution in [0.15, 0.2) is 0 Å². The lowest BCUT2D eigenvalue weighted by atomic mass is 9.74. The summed E-state index contributed by atoms with van der Waals surface area (Å²) in [6.45, 7) is 6.00. The molecule has 0 aromatic heterocycles. The van der Waals surface area contributed by atoms with E-state index in [9.17, 15) is 0 Å². The molecule has 88 valence electrons. The van der Waals surface area contributed by atoms with Gasteiger partial charge in [-0.05, 0) is 56.4 Å². The molecule has 3 unspecified atom stereocenters. The highest BCUT2D eigenvalue weighted by molar-refractivity contribution is 4.89. The fraction of sp³-hybridized carbons (Fsp3) is 1.00. The summed E-state index contributed by atoms with van der Waals surface area (Å²) in [5, 5.41) is 3.76. The topological polar surface area (TPSA) is 38.0 Å². The summed E-state index contributed by atoms with van der Waals surface area (Å²) in [6.07, 6.45) is 6.57. The third kappa shape index (κ3) is 2.73. The van der Waals surface area contributed by atoms with E-state index in [1.807, 2.05) is 0 Å². The van der Waals surface area contributed by atoms with E-state index in [0.717, 1.165) is 23.8 Å². The molecule has 1 aliphatic carbocycles. The smallest absolute Gasteiger partial charge is 0.0121 e. The Morgan fingerprint density at radius 1 is 1.07 bits per heavy atom. The molecular formula is C13H26N2. The van der Waals surface area contributed by atoms with Crippen LogP contribution in [0.25, 0.3) is 0 Å². The first-order valence-electron chi connectivity index (χ1n) is 6.65. The highest BCUT2D eigenvalue weighted by Crippen LogP contribution is 2.33. The van der Waals surface area contributed by atoms with Gasteiger partial charge in [-0.2, -0.15) is 0 Å². The van der Waals surface area contributed by atoms with Gasteiger partial charge in [0, 0.05) is 12.1 Å². The van der Waals surface area contributed by atoms with Crippen molar-refractivity contribution in [3.8, 4) is 0 Å². The van der Waals surface area contributed by atoms with Gasteiger partial charge in [0.1, 0.15) is 0 Å². The molecule has 2 fully saturated rings. The third-order valence-electron chi connectivity index (χ3n) is 4.41. The van der Waals surface area contributed by atoms with Crippen LogP contribution in [0.1, 0.15) is 46.0 Å². The summed E-state index contributed by atoms with van der Waals surface area (Å²) < 4.78 is 0. The molecule has 1 saturated carbocycles. The van der Waals surface area contributed by atoms with Gasteiger partial charge in [-0.3, -0.25) is 0 Å². The largest absolute Gasteiger partial charge is 0.328 e. The molecule has 3 atom stereocenters. The van der Waals surface area contributed by atoms with Gasteiger partial charge in [0.15, 0.2) is 0 Å². The van der Waals surface area contributed by atoms with Crippen LogP contribution in [0.5, 0.6) is 0 Å². The predicted octanol–water partition coefficient (Wildman–Crippen LogP) is 2.14. The zero-order valence-corrected chi connectivity index (χ0v) is 10.2. The van der Waals surface area contributed by atoms with Crippen LogP contribution in [0.3, 0.4) is 0 Å². The summed E-state index contributed by atoms with van der Waals surface area (Å²) in [5.41, 5.74) is 5.96. The summed E-state index contributed by atoms with van der Waals surface area (Å²) in [4.78, 5) is 0. The SMILES string of the molecule is CC1CNC(C2CCC(N)CC2)C(C)C1. The quantitative estimate of drug-likeness (QED) is 0.696. The molecule has 0 spiro atoms. The van der Waals surface area contributed by atoms with E-state index < -0.39 is 0 Å². The Labute approximate surface area is 94.0 Å². The van der Waals surface area contributed by atoms with E-state index >= 15 is 0 Å². The lowest BCUT2D eigenvalue weighted by Crippen LogP contribution is -2.49. The van der Waals surface area contributed by atoms with Crippen molar-refractivity contribution in [2.75, 3.05) is 6.54 Å². The number of hydrogen-bond acceptors (Lipinski definition) is 2. The molecule has 0 aromatic carbocycles. The Bertz CT molecular complexity index is 197. The van der Waals surface area contributed by atoms with E-state index in [1.54, 1.807) is 0 Å². The van der Waals surface area contributed by atoms with Crippen molar-refractivity contribution in [2.24, 2.45) is 23.5 Å². The Hall–Kier alpha value is -0.0800. The molecule has 2 aliphatic rings. The molecule has 0 amide bonds. The molecule has 2 rings (SSSR count). The maximum Gasteiger partial charge on any atom is 0.0121 e. The molecular weight excluding hydrogens is 184 g/mol. The number of nitrogens with two attached hydrogens (primary N) is 1. The number of hydrogen-bond donors (Lipinski definition) is 2. The van der Waals surface area contributed by atoms with Crippen LogP contribution in [0, 0.1) is 17.8 Å². The normalized spacial score (nSPS) is 47.8. The number of piperidine rings is 1. The van der Waals surface area contributed by atoms with Crippen LogP contribution < -0.4 is 11.1 Å². The lowest BCUT2D eigenvalue weighted by Gasteiger charge is -2.41. The van der Waals surface area contributed by atoms with Gasteiger partial charge in [-0.1, -0.05) is 13.8 Å². The number of nitrogens with one attached hydrogen (secondary N) is 1. The Morgan fingerprint density at radius 3 is 2.33 bits per heavy atom. The molecule has 3 N–H and O–H groups in total.